The summed E-state index contributed by atoms with van der Waals surface area (Å²) >= 11 is 0. The largest absolute Gasteiger partial charge is 0.295 e. The predicted octanol–water partition coefficient (Wildman–Crippen LogP) is 5.46. The van der Waals surface area contributed by atoms with Crippen LogP contribution in [-0.4, -0.2) is 127 Å². The van der Waals surface area contributed by atoms with E-state index in [9.17, 15) is 77.8 Å². The van der Waals surface area contributed by atoms with Crippen molar-refractivity contribution in [1.29, 1.82) is 0 Å². The molecule has 0 aliphatic carbocycles. The Bertz CT molecular complexity index is 5110. The summed E-state index contributed by atoms with van der Waals surface area (Å²) in [5, 5.41) is 17.2. The van der Waals surface area contributed by atoms with Crippen LogP contribution in [0.4, 0.5) is 0 Å². The molecule has 12 aromatic rings. The van der Waals surface area contributed by atoms with E-state index in [-0.39, 0.29) is 66.1 Å². The van der Waals surface area contributed by atoms with Gasteiger partial charge < -0.3 is 0 Å². The molecular formula is C46H30N10O20S6. The molecule has 0 aliphatic rings. The Labute approximate surface area is 458 Å². The summed E-state index contributed by atoms with van der Waals surface area (Å²) in [6.45, 7) is 0. The lowest BCUT2D eigenvalue weighted by atomic mass is 10.1. The minimum Gasteiger partial charge on any atom is -0.282 e. The molecule has 0 bridgehead atoms. The lowest BCUT2D eigenvalue weighted by Gasteiger charge is -2.07. The van der Waals surface area contributed by atoms with Crippen LogP contribution in [0.3, 0.4) is 0 Å². The first-order chi connectivity index (χ1) is 38.4. The van der Waals surface area contributed by atoms with Crippen LogP contribution in [0.5, 0.6) is 0 Å². The molecule has 36 heteroatoms. The average molecular weight is 1240 g/mol. The number of benzene rings is 8. The van der Waals surface area contributed by atoms with Crippen LogP contribution in [0, 0.1) is 0 Å². The van der Waals surface area contributed by atoms with Gasteiger partial charge >= 0.3 is 0 Å². The van der Waals surface area contributed by atoms with E-state index >= 15 is 0 Å². The highest BCUT2D eigenvalue weighted by atomic mass is 32.2. The van der Waals surface area contributed by atoms with Gasteiger partial charge in [0, 0.05) is 21.5 Å². The third-order valence-corrected chi connectivity index (χ3v) is 17.9. The van der Waals surface area contributed by atoms with Gasteiger partial charge in [0.15, 0.2) is 0 Å². The highest BCUT2D eigenvalue weighted by Gasteiger charge is 2.27. The zero-order chi connectivity index (χ0) is 58.4. The molecule has 30 nitrogen and oxygen atoms in total. The van der Waals surface area contributed by atoms with E-state index in [1.165, 1.54) is 70.4 Å². The van der Waals surface area contributed by atoms with Crippen molar-refractivity contribution in [2.75, 3.05) is 0 Å². The van der Waals surface area contributed by atoms with Gasteiger partial charge in [0.1, 0.15) is 64.4 Å². The van der Waals surface area contributed by atoms with E-state index in [0.717, 1.165) is 43.6 Å². The van der Waals surface area contributed by atoms with Crippen molar-refractivity contribution in [3.8, 4) is 34.1 Å². The van der Waals surface area contributed by atoms with Gasteiger partial charge in [0.05, 0.1) is 21.2 Å². The Balaban J connectivity index is 0.774. The van der Waals surface area contributed by atoms with E-state index in [0.29, 0.717) is 34.9 Å². The molecule has 0 atom stereocenters. The zero-order valence-corrected chi connectivity index (χ0v) is 45.1. The van der Waals surface area contributed by atoms with Crippen molar-refractivity contribution >= 4 is 116 Å². The summed E-state index contributed by atoms with van der Waals surface area (Å²) in [7, 11) is -29.7. The molecule has 82 heavy (non-hydrogen) atoms. The first kappa shape index (κ1) is 53.7. The molecule has 0 saturated carbocycles. The minimum atomic E-state index is -4.96. The molecule has 12 rings (SSSR count). The molecule has 0 saturated heterocycles. The van der Waals surface area contributed by atoms with Crippen molar-refractivity contribution in [2.24, 2.45) is 0 Å². The summed E-state index contributed by atoms with van der Waals surface area (Å²) < 4.78 is 218. The molecule has 0 unspecified atom stereocenters. The monoisotopic (exact) mass is 1230 g/mol. The number of hydrogen-bond acceptors (Lipinski definition) is 18. The van der Waals surface area contributed by atoms with Gasteiger partial charge in [0.25, 0.3) is 60.7 Å². The zero-order valence-electron chi connectivity index (χ0n) is 40.2. The predicted molar refractivity (Wildman–Crippen MR) is 282 cm³/mol. The Hall–Kier alpha value is -8.92. The third kappa shape index (κ3) is 9.87. The van der Waals surface area contributed by atoms with Crippen LogP contribution >= 0.6 is 0 Å². The van der Waals surface area contributed by atoms with Gasteiger partial charge in [-0.25, -0.2) is 9.26 Å². The highest BCUT2D eigenvalue weighted by molar-refractivity contribution is 7.87. The molecule has 0 amide bonds. The lowest BCUT2D eigenvalue weighted by molar-refractivity contribution is 0.473. The number of rotatable bonds is 14. The van der Waals surface area contributed by atoms with Gasteiger partial charge in [-0.3, -0.25) is 27.3 Å². The van der Waals surface area contributed by atoms with Gasteiger partial charge in [-0.05, 0) is 120 Å². The molecule has 0 spiro atoms. The Kier molecular flexibility index (Phi) is 12.0. The van der Waals surface area contributed by atoms with Gasteiger partial charge in [0.2, 0.25) is 0 Å². The van der Waals surface area contributed by atoms with Crippen molar-refractivity contribution in [3.05, 3.63) is 145 Å². The molecule has 0 aliphatic heterocycles. The van der Waals surface area contributed by atoms with E-state index in [1.54, 1.807) is 48.5 Å². The quantitative estimate of drug-likeness (QED) is 0.0581. The fourth-order valence-corrected chi connectivity index (χ4v) is 12.9. The Morgan fingerprint density at radius 2 is 0.634 bits per heavy atom. The lowest BCUT2D eigenvalue weighted by Crippen LogP contribution is -2.04. The fourth-order valence-electron chi connectivity index (χ4n) is 8.80. The summed E-state index contributed by atoms with van der Waals surface area (Å²) in [4.78, 5) is 2.66. The number of nitrogens with zero attached hydrogens (tertiary/aromatic N) is 10. The molecule has 0 fully saturated rings. The van der Waals surface area contributed by atoms with Crippen LogP contribution in [0.2, 0.25) is 0 Å². The molecule has 4 aromatic heterocycles. The van der Waals surface area contributed by atoms with Crippen LogP contribution in [-0.2, 0) is 60.7 Å². The standard InChI is InChI=1S/C46H30N10O20S6/c57-77(58,59)33-21-37-35(43(23-33)81(69,70)71)15-17-39-45(37)49-51(47-39)27-7-11-29(12-8-27)53-55(75-53)31-5-3-25(41(19-31)79(63,64)65)1-2-26-4-6-32(20-42(26)80(66,67)68)56-54(76-56)30-13-9-28(10-14-30)52-48-40-18-16-36-38(46(40)50-52)22-34(78(60,61)62)24-44(36)82(72,73)74/h1-24H,(H,57,58,59)(H,60,61,62)(H,63,64,65)(H,66,67,68)(H,69,70,71)(H,72,73,74). The van der Waals surface area contributed by atoms with Crippen LogP contribution < -0.4 is 0 Å². The van der Waals surface area contributed by atoms with Crippen molar-refractivity contribution < 1.29 is 87.1 Å². The maximum atomic E-state index is 12.7. The SMILES string of the molecule is O=S(=O)(O)c1cc(S(=O)(=O)O)c2ccc3nn(-c4ccc(-n5on5-c5ccc(C=Cc6ccc(-n7on7-c7ccc(-n8nc9ccc%10c(S(=O)(=O)O)cc(S(=O)(=O)O)cc%10c9n8)cc7)cc6S(=O)(=O)O)c(S(=O)(=O)O)c5)cc4)nc3c2c1. The number of aromatic nitrogens is 10. The van der Waals surface area contributed by atoms with Crippen LogP contribution in [0.1, 0.15) is 11.1 Å². The smallest absolute Gasteiger partial charge is 0.282 e. The topological polar surface area (TPSA) is 434 Å². The average Bonchev–Trinajstić information content (AvgIpc) is 2.71. The molecule has 420 valence electrons. The Morgan fingerprint density at radius 3 is 0.963 bits per heavy atom. The summed E-state index contributed by atoms with van der Waals surface area (Å²) in [6.07, 6.45) is 2.36. The second kappa shape index (κ2) is 18.3. The van der Waals surface area contributed by atoms with E-state index < -0.39 is 90.1 Å². The molecular weight excluding hydrogens is 1200 g/mol. The second-order valence-corrected chi connectivity index (χ2v) is 26.2. The van der Waals surface area contributed by atoms with Crippen molar-refractivity contribution in [1.82, 2.24) is 49.4 Å². The summed E-state index contributed by atoms with van der Waals surface area (Å²) in [5.41, 5.74) is 1.85. The summed E-state index contributed by atoms with van der Waals surface area (Å²) in [6, 6.07) is 28.5. The first-order valence-corrected chi connectivity index (χ1v) is 31.3. The fraction of sp³-hybridized carbons (Fsp3) is 0. The minimum absolute atomic E-state index is 0.0240. The molecule has 6 N–H and O–H groups in total. The molecule has 4 heterocycles. The second-order valence-electron chi connectivity index (χ2n) is 17.8. The normalized spacial score (nSPS) is 13.3. The van der Waals surface area contributed by atoms with Crippen molar-refractivity contribution in [3.63, 3.8) is 0 Å². The number of hydrogen-bond donors (Lipinski definition) is 6. The Morgan fingerprint density at radius 1 is 0.317 bits per heavy atom. The first-order valence-electron chi connectivity index (χ1n) is 22.6. The van der Waals surface area contributed by atoms with Gasteiger partial charge in [-0.2, -0.15) is 60.1 Å². The third-order valence-electron chi connectivity index (χ3n) is 12.6. The molecule has 8 aromatic carbocycles. The van der Waals surface area contributed by atoms with Crippen LogP contribution in [0.15, 0.2) is 172 Å². The maximum absolute atomic E-state index is 12.7. The number of fused-ring (bicyclic) bond motifs is 6. The molecule has 0 radical (unpaired) electrons. The summed E-state index contributed by atoms with van der Waals surface area (Å²) in [5.74, 6) is 0. The maximum Gasteiger partial charge on any atom is 0.295 e. The van der Waals surface area contributed by atoms with E-state index in [1.807, 2.05) is 0 Å². The van der Waals surface area contributed by atoms with Crippen LogP contribution in [0.25, 0.3) is 89.9 Å². The van der Waals surface area contributed by atoms with Crippen molar-refractivity contribution in [2.45, 2.75) is 29.4 Å². The van der Waals surface area contributed by atoms with Gasteiger partial charge in [-0.15, -0.1) is 20.4 Å². The van der Waals surface area contributed by atoms with Gasteiger partial charge in [-0.1, -0.05) is 55.8 Å². The van der Waals surface area contributed by atoms with E-state index in [2.05, 4.69) is 20.4 Å². The van der Waals surface area contributed by atoms with E-state index in [4.69, 9.17) is 9.26 Å². The highest BCUT2D eigenvalue weighted by Crippen LogP contribution is 2.35.